The molecule has 0 radical (unpaired) electrons. The molecule has 2 heterocycles. The number of nitrogens with zero attached hydrogens (tertiary/aromatic N) is 1. The summed E-state index contributed by atoms with van der Waals surface area (Å²) in [5.74, 6) is 0.981. The summed E-state index contributed by atoms with van der Waals surface area (Å²) in [6.45, 7) is 3.15. The van der Waals surface area contributed by atoms with Crippen LogP contribution >= 0.6 is 12.4 Å². The van der Waals surface area contributed by atoms with Crippen molar-refractivity contribution in [2.75, 3.05) is 32.8 Å². The molecule has 2 atom stereocenters. The lowest BCUT2D eigenvalue weighted by atomic mass is 9.78. The van der Waals surface area contributed by atoms with Crippen molar-refractivity contribution in [3.8, 4) is 0 Å². The number of benzene rings is 1. The summed E-state index contributed by atoms with van der Waals surface area (Å²) >= 11 is 0. The predicted octanol–water partition coefficient (Wildman–Crippen LogP) is 2.81. The van der Waals surface area contributed by atoms with Gasteiger partial charge in [-0.2, -0.15) is 13.2 Å². The Bertz CT molecular complexity index is 601. The molecule has 2 saturated heterocycles. The van der Waals surface area contributed by atoms with E-state index in [4.69, 9.17) is 0 Å². The molecule has 2 aliphatic rings. The number of aliphatic hydroxyl groups excluding tert-OH is 1. The summed E-state index contributed by atoms with van der Waals surface area (Å²) in [6.07, 6.45) is -2.65. The second kappa shape index (κ2) is 8.59. The highest BCUT2D eigenvalue weighted by Crippen LogP contribution is 2.33. The Hall–Kier alpha value is -1.31. The number of piperidine rings is 1. The molecule has 0 aromatic heterocycles. The van der Waals surface area contributed by atoms with Crippen LogP contribution in [0, 0.1) is 17.8 Å². The molecule has 0 spiro atoms. The van der Waals surface area contributed by atoms with Crippen LogP contribution in [0.4, 0.5) is 13.2 Å². The lowest BCUT2D eigenvalue weighted by molar-refractivity contribution is -0.137. The summed E-state index contributed by atoms with van der Waals surface area (Å²) in [5.41, 5.74) is -0.450. The van der Waals surface area contributed by atoms with E-state index >= 15 is 0 Å². The molecule has 4 nitrogen and oxygen atoms in total. The normalized spacial score (nSPS) is 24.4. The maximum Gasteiger partial charge on any atom is 0.416 e. The first-order chi connectivity index (χ1) is 11.9. The highest BCUT2D eigenvalue weighted by molar-refractivity contribution is 5.94. The van der Waals surface area contributed by atoms with E-state index in [2.05, 4.69) is 5.32 Å². The van der Waals surface area contributed by atoms with Gasteiger partial charge in [0.15, 0.2) is 0 Å². The van der Waals surface area contributed by atoms with Crippen LogP contribution in [-0.2, 0) is 6.18 Å². The number of nitrogens with one attached hydrogen (secondary N) is 1. The van der Waals surface area contributed by atoms with Crippen molar-refractivity contribution in [2.24, 2.45) is 17.8 Å². The Labute approximate surface area is 157 Å². The van der Waals surface area contributed by atoms with Crippen molar-refractivity contribution in [2.45, 2.75) is 19.0 Å². The SMILES string of the molecule is Cl.O=C(c1ccc(C(F)(F)F)cc1)N1CCC([C@@H]2CNC[C@H]2CO)CC1. The largest absolute Gasteiger partial charge is 0.416 e. The van der Waals surface area contributed by atoms with Crippen LogP contribution in [0.2, 0.25) is 0 Å². The fourth-order valence-electron chi connectivity index (χ4n) is 4.02. The fourth-order valence-corrected chi connectivity index (χ4v) is 4.02. The first-order valence-corrected chi connectivity index (χ1v) is 8.68. The number of amides is 1. The Kier molecular flexibility index (Phi) is 6.93. The van der Waals surface area contributed by atoms with Gasteiger partial charge >= 0.3 is 6.18 Å². The Morgan fingerprint density at radius 1 is 1.15 bits per heavy atom. The van der Waals surface area contributed by atoms with Crippen LogP contribution in [0.3, 0.4) is 0 Å². The Balaban J connectivity index is 0.00000243. The molecule has 1 aromatic carbocycles. The number of hydrogen-bond donors (Lipinski definition) is 2. The van der Waals surface area contributed by atoms with Gasteiger partial charge in [0.05, 0.1) is 5.56 Å². The molecule has 1 aromatic rings. The smallest absolute Gasteiger partial charge is 0.396 e. The standard InChI is InChI=1S/C18H23F3N2O2.ClH/c19-18(20,21)15-3-1-13(2-4-15)17(25)23-7-5-12(6-8-23)16-10-22-9-14(16)11-24;/h1-4,12,14,16,22,24H,5-11H2;1H/t14-,16-;/m0./s1. The van der Waals surface area contributed by atoms with Gasteiger partial charge in [-0.1, -0.05) is 0 Å². The van der Waals surface area contributed by atoms with E-state index < -0.39 is 11.7 Å². The zero-order valence-corrected chi connectivity index (χ0v) is 15.2. The van der Waals surface area contributed by atoms with Crippen LogP contribution in [0.5, 0.6) is 0 Å². The van der Waals surface area contributed by atoms with Gasteiger partial charge in [-0.25, -0.2) is 0 Å². The number of rotatable bonds is 3. The molecular weight excluding hydrogens is 369 g/mol. The number of carbonyl (C=O) groups is 1. The van der Waals surface area contributed by atoms with Crippen molar-refractivity contribution in [1.82, 2.24) is 10.2 Å². The minimum absolute atomic E-state index is 0. The molecule has 26 heavy (non-hydrogen) atoms. The third-order valence-electron chi connectivity index (χ3n) is 5.52. The molecule has 1 amide bonds. The second-order valence-corrected chi connectivity index (χ2v) is 6.97. The Morgan fingerprint density at radius 2 is 1.77 bits per heavy atom. The molecule has 2 N–H and O–H groups in total. The van der Waals surface area contributed by atoms with Gasteiger partial charge in [-0.05, 0) is 61.4 Å². The molecule has 2 fully saturated rings. The number of carbonyl (C=O) groups excluding carboxylic acids is 1. The monoisotopic (exact) mass is 392 g/mol. The summed E-state index contributed by atoms with van der Waals surface area (Å²) < 4.78 is 37.8. The van der Waals surface area contributed by atoms with E-state index in [1.165, 1.54) is 12.1 Å². The number of alkyl halides is 3. The van der Waals surface area contributed by atoms with Crippen LogP contribution in [-0.4, -0.2) is 48.7 Å². The van der Waals surface area contributed by atoms with Gasteiger partial charge in [-0.3, -0.25) is 4.79 Å². The van der Waals surface area contributed by atoms with Gasteiger partial charge in [0, 0.05) is 31.8 Å². The number of hydrogen-bond acceptors (Lipinski definition) is 3. The van der Waals surface area contributed by atoms with Crippen molar-refractivity contribution in [3.63, 3.8) is 0 Å². The summed E-state index contributed by atoms with van der Waals surface area (Å²) in [5, 5.41) is 12.8. The van der Waals surface area contributed by atoms with E-state index in [1.807, 2.05) is 0 Å². The fraction of sp³-hybridized carbons (Fsp3) is 0.611. The zero-order chi connectivity index (χ0) is 18.0. The van der Waals surface area contributed by atoms with E-state index in [9.17, 15) is 23.1 Å². The van der Waals surface area contributed by atoms with Crippen molar-refractivity contribution < 1.29 is 23.1 Å². The molecular formula is C18H24ClF3N2O2. The summed E-state index contributed by atoms with van der Waals surface area (Å²) in [4.78, 5) is 14.2. The van der Waals surface area contributed by atoms with Crippen LogP contribution in [0.1, 0.15) is 28.8 Å². The molecule has 0 bridgehead atoms. The molecule has 0 unspecified atom stereocenters. The van der Waals surface area contributed by atoms with Crippen LogP contribution in [0.25, 0.3) is 0 Å². The topological polar surface area (TPSA) is 52.6 Å². The quantitative estimate of drug-likeness (QED) is 0.831. The second-order valence-electron chi connectivity index (χ2n) is 6.97. The summed E-state index contributed by atoms with van der Waals surface area (Å²) in [6, 6.07) is 4.41. The van der Waals surface area contributed by atoms with Crippen molar-refractivity contribution >= 4 is 18.3 Å². The molecule has 0 aliphatic carbocycles. The third-order valence-corrected chi connectivity index (χ3v) is 5.52. The molecule has 146 valence electrons. The summed E-state index contributed by atoms with van der Waals surface area (Å²) in [7, 11) is 0. The van der Waals surface area contributed by atoms with E-state index in [0.29, 0.717) is 30.5 Å². The lowest BCUT2D eigenvalue weighted by Crippen LogP contribution is -2.41. The number of halogens is 4. The first kappa shape index (κ1) is 21.0. The minimum atomic E-state index is -4.39. The van der Waals surface area contributed by atoms with Gasteiger partial charge in [0.25, 0.3) is 5.91 Å². The van der Waals surface area contributed by atoms with Crippen molar-refractivity contribution in [3.05, 3.63) is 35.4 Å². The average Bonchev–Trinajstić information content (AvgIpc) is 3.09. The van der Waals surface area contributed by atoms with Crippen LogP contribution in [0.15, 0.2) is 24.3 Å². The average molecular weight is 393 g/mol. The molecule has 3 rings (SSSR count). The highest BCUT2D eigenvalue weighted by atomic mass is 35.5. The predicted molar refractivity (Wildman–Crippen MR) is 94.3 cm³/mol. The third kappa shape index (κ3) is 4.50. The maximum absolute atomic E-state index is 12.6. The first-order valence-electron chi connectivity index (χ1n) is 8.68. The molecule has 0 saturated carbocycles. The van der Waals surface area contributed by atoms with Gasteiger partial charge < -0.3 is 15.3 Å². The van der Waals surface area contributed by atoms with E-state index in [1.54, 1.807) is 4.90 Å². The van der Waals surface area contributed by atoms with E-state index in [0.717, 1.165) is 38.1 Å². The number of likely N-dealkylation sites (tertiary alicyclic amines) is 1. The highest BCUT2D eigenvalue weighted by Gasteiger charge is 2.36. The minimum Gasteiger partial charge on any atom is -0.396 e. The van der Waals surface area contributed by atoms with Gasteiger partial charge in [0.2, 0.25) is 0 Å². The molecule has 2 aliphatic heterocycles. The zero-order valence-electron chi connectivity index (χ0n) is 14.3. The van der Waals surface area contributed by atoms with Crippen molar-refractivity contribution in [1.29, 1.82) is 0 Å². The maximum atomic E-state index is 12.6. The Morgan fingerprint density at radius 3 is 2.31 bits per heavy atom. The van der Waals surface area contributed by atoms with Gasteiger partial charge in [-0.15, -0.1) is 12.4 Å². The van der Waals surface area contributed by atoms with Gasteiger partial charge in [0.1, 0.15) is 0 Å². The lowest BCUT2D eigenvalue weighted by Gasteiger charge is -2.36. The molecule has 8 heteroatoms. The van der Waals surface area contributed by atoms with Crippen LogP contribution < -0.4 is 5.32 Å². The number of aliphatic hydroxyl groups is 1. The van der Waals surface area contributed by atoms with E-state index in [-0.39, 0.29) is 30.8 Å².